The number of aliphatic hydroxyl groups excluding tert-OH is 1. The standard InChI is InChI=1S/C17H28N2O3/c1-6-15(19(4)5)17(21)18-11-16(20)13-7-9-14(10-8-13)22-12(2)3/h7-10,12,15-16,20H,6,11H2,1-5H3,(H,18,21). The molecule has 5 nitrogen and oxygen atoms in total. The van der Waals surface area contributed by atoms with Crippen molar-refractivity contribution in [1.82, 2.24) is 10.2 Å². The summed E-state index contributed by atoms with van der Waals surface area (Å²) in [5.41, 5.74) is 0.759. The Labute approximate surface area is 133 Å². The highest BCUT2D eigenvalue weighted by Crippen LogP contribution is 2.18. The van der Waals surface area contributed by atoms with Crippen LogP contribution in [0.25, 0.3) is 0 Å². The molecule has 2 unspecified atom stereocenters. The molecule has 0 aliphatic carbocycles. The van der Waals surface area contributed by atoms with E-state index in [0.29, 0.717) is 0 Å². The number of likely N-dealkylation sites (N-methyl/N-ethyl adjacent to an activating group) is 1. The fourth-order valence-electron chi connectivity index (χ4n) is 2.26. The van der Waals surface area contributed by atoms with E-state index < -0.39 is 6.10 Å². The summed E-state index contributed by atoms with van der Waals surface area (Å²) in [4.78, 5) is 13.9. The van der Waals surface area contributed by atoms with Crippen LogP contribution in [0.4, 0.5) is 0 Å². The van der Waals surface area contributed by atoms with E-state index in [1.165, 1.54) is 0 Å². The SMILES string of the molecule is CCC(C(=O)NCC(O)c1ccc(OC(C)C)cc1)N(C)C. The number of nitrogens with zero attached hydrogens (tertiary/aromatic N) is 1. The zero-order valence-electron chi connectivity index (χ0n) is 14.2. The van der Waals surface area contributed by atoms with Crippen LogP contribution >= 0.6 is 0 Å². The number of nitrogens with one attached hydrogen (secondary N) is 1. The van der Waals surface area contributed by atoms with Gasteiger partial charge in [-0.2, -0.15) is 0 Å². The van der Waals surface area contributed by atoms with Gasteiger partial charge in [0.1, 0.15) is 5.75 Å². The molecular formula is C17H28N2O3. The average Bonchev–Trinajstić information content (AvgIpc) is 2.45. The number of hydrogen-bond donors (Lipinski definition) is 2. The highest BCUT2D eigenvalue weighted by Gasteiger charge is 2.19. The average molecular weight is 308 g/mol. The van der Waals surface area contributed by atoms with Crippen molar-refractivity contribution < 1.29 is 14.6 Å². The Bertz CT molecular complexity index is 457. The second kappa shape index (κ2) is 8.76. The van der Waals surface area contributed by atoms with Crippen LogP contribution in [0.3, 0.4) is 0 Å². The second-order valence-corrected chi connectivity index (χ2v) is 5.88. The van der Waals surface area contributed by atoms with Gasteiger partial charge in [-0.3, -0.25) is 9.69 Å². The minimum Gasteiger partial charge on any atom is -0.491 e. The van der Waals surface area contributed by atoms with Crippen molar-refractivity contribution in [3.63, 3.8) is 0 Å². The number of aliphatic hydroxyl groups is 1. The van der Waals surface area contributed by atoms with Crippen LogP contribution < -0.4 is 10.1 Å². The van der Waals surface area contributed by atoms with Gasteiger partial charge in [-0.1, -0.05) is 19.1 Å². The molecule has 0 saturated heterocycles. The fourth-order valence-corrected chi connectivity index (χ4v) is 2.26. The molecule has 0 spiro atoms. The van der Waals surface area contributed by atoms with Gasteiger partial charge >= 0.3 is 0 Å². The van der Waals surface area contributed by atoms with Crippen LogP contribution in [0, 0.1) is 0 Å². The smallest absolute Gasteiger partial charge is 0.237 e. The molecule has 0 aliphatic rings. The summed E-state index contributed by atoms with van der Waals surface area (Å²) in [6.07, 6.45) is 0.125. The zero-order valence-corrected chi connectivity index (χ0v) is 14.2. The van der Waals surface area contributed by atoms with Crippen molar-refractivity contribution >= 4 is 5.91 Å². The van der Waals surface area contributed by atoms with Crippen molar-refractivity contribution in [2.24, 2.45) is 0 Å². The van der Waals surface area contributed by atoms with Crippen molar-refractivity contribution in [3.8, 4) is 5.75 Å². The largest absolute Gasteiger partial charge is 0.491 e. The van der Waals surface area contributed by atoms with Crippen LogP contribution in [-0.2, 0) is 4.79 Å². The van der Waals surface area contributed by atoms with Gasteiger partial charge in [-0.25, -0.2) is 0 Å². The summed E-state index contributed by atoms with van der Waals surface area (Å²) in [6, 6.07) is 7.12. The van der Waals surface area contributed by atoms with Crippen LogP contribution in [0.5, 0.6) is 5.75 Å². The van der Waals surface area contributed by atoms with Gasteiger partial charge < -0.3 is 15.2 Å². The molecule has 1 aromatic rings. The van der Waals surface area contributed by atoms with E-state index in [2.05, 4.69) is 5.32 Å². The molecule has 0 aromatic heterocycles. The molecule has 0 fully saturated rings. The normalized spacial score (nSPS) is 14.0. The Morgan fingerprint density at radius 2 is 1.86 bits per heavy atom. The Kier molecular flexibility index (Phi) is 7.35. The number of ether oxygens (including phenoxy) is 1. The Morgan fingerprint density at radius 1 is 1.27 bits per heavy atom. The van der Waals surface area contributed by atoms with E-state index >= 15 is 0 Å². The predicted molar refractivity (Wildman–Crippen MR) is 87.9 cm³/mol. The lowest BCUT2D eigenvalue weighted by Gasteiger charge is -2.22. The third kappa shape index (κ3) is 5.66. The first-order valence-electron chi connectivity index (χ1n) is 7.74. The van der Waals surface area contributed by atoms with Crippen molar-refractivity contribution in [3.05, 3.63) is 29.8 Å². The molecule has 5 heteroatoms. The van der Waals surface area contributed by atoms with Crippen molar-refractivity contribution in [1.29, 1.82) is 0 Å². The third-order valence-corrected chi connectivity index (χ3v) is 3.42. The maximum atomic E-state index is 12.0. The van der Waals surface area contributed by atoms with E-state index in [4.69, 9.17) is 4.74 Å². The van der Waals surface area contributed by atoms with Crippen LogP contribution in [0.2, 0.25) is 0 Å². The Hall–Kier alpha value is -1.59. The quantitative estimate of drug-likeness (QED) is 0.771. The molecule has 2 N–H and O–H groups in total. The molecule has 0 bridgehead atoms. The monoisotopic (exact) mass is 308 g/mol. The molecule has 0 aliphatic heterocycles. The number of carbonyl (C=O) groups is 1. The van der Waals surface area contributed by atoms with Gasteiger partial charge in [0, 0.05) is 6.54 Å². The molecule has 1 amide bonds. The molecule has 124 valence electrons. The minimum absolute atomic E-state index is 0.0636. The molecular weight excluding hydrogens is 280 g/mol. The second-order valence-electron chi connectivity index (χ2n) is 5.88. The summed E-state index contributed by atoms with van der Waals surface area (Å²) in [6.45, 7) is 6.10. The summed E-state index contributed by atoms with van der Waals surface area (Å²) in [7, 11) is 3.75. The van der Waals surface area contributed by atoms with Crippen molar-refractivity contribution in [2.75, 3.05) is 20.6 Å². The molecule has 0 heterocycles. The van der Waals surface area contributed by atoms with Gasteiger partial charge in [0.25, 0.3) is 0 Å². The van der Waals surface area contributed by atoms with Gasteiger partial charge in [0.2, 0.25) is 5.91 Å². The van der Waals surface area contributed by atoms with E-state index in [0.717, 1.165) is 17.7 Å². The fraction of sp³-hybridized carbons (Fsp3) is 0.588. The van der Waals surface area contributed by atoms with E-state index in [9.17, 15) is 9.90 Å². The van der Waals surface area contributed by atoms with Gasteiger partial charge in [-0.05, 0) is 52.1 Å². The molecule has 1 rings (SSSR count). The molecule has 2 atom stereocenters. The maximum absolute atomic E-state index is 12.0. The van der Waals surface area contributed by atoms with Gasteiger partial charge in [0.15, 0.2) is 0 Å². The van der Waals surface area contributed by atoms with Gasteiger partial charge in [0.05, 0.1) is 18.2 Å². The van der Waals surface area contributed by atoms with E-state index in [1.54, 1.807) is 0 Å². The Balaban J connectivity index is 2.54. The first-order chi connectivity index (χ1) is 10.3. The van der Waals surface area contributed by atoms with Crippen molar-refractivity contribution in [2.45, 2.75) is 45.4 Å². The predicted octanol–water partition coefficient (Wildman–Crippen LogP) is 1.96. The molecule has 0 saturated carbocycles. The third-order valence-electron chi connectivity index (χ3n) is 3.42. The number of hydrogen-bond acceptors (Lipinski definition) is 4. The Morgan fingerprint density at radius 3 is 2.32 bits per heavy atom. The lowest BCUT2D eigenvalue weighted by Crippen LogP contribution is -2.44. The van der Waals surface area contributed by atoms with Crippen LogP contribution in [0.1, 0.15) is 38.9 Å². The number of benzene rings is 1. The summed E-state index contributed by atoms with van der Waals surface area (Å²) >= 11 is 0. The summed E-state index contributed by atoms with van der Waals surface area (Å²) in [5, 5.41) is 13.0. The highest BCUT2D eigenvalue weighted by atomic mass is 16.5. The first-order valence-corrected chi connectivity index (χ1v) is 7.74. The van der Waals surface area contributed by atoms with Crippen LogP contribution in [0.15, 0.2) is 24.3 Å². The number of carbonyl (C=O) groups excluding carboxylic acids is 1. The summed E-state index contributed by atoms with van der Waals surface area (Å²) < 4.78 is 5.56. The summed E-state index contributed by atoms with van der Waals surface area (Å²) in [5.74, 6) is 0.708. The molecule has 22 heavy (non-hydrogen) atoms. The topological polar surface area (TPSA) is 61.8 Å². The maximum Gasteiger partial charge on any atom is 0.237 e. The zero-order chi connectivity index (χ0) is 16.7. The number of amides is 1. The lowest BCUT2D eigenvalue weighted by atomic mass is 10.1. The molecule has 0 radical (unpaired) electrons. The highest BCUT2D eigenvalue weighted by molar-refractivity contribution is 5.81. The number of rotatable bonds is 8. The van der Waals surface area contributed by atoms with E-state index in [-0.39, 0.29) is 24.6 Å². The lowest BCUT2D eigenvalue weighted by molar-refractivity contribution is -0.126. The molecule has 1 aromatic carbocycles. The first kappa shape index (κ1) is 18.5. The minimum atomic E-state index is -0.725. The van der Waals surface area contributed by atoms with E-state index in [1.807, 2.05) is 64.0 Å². The van der Waals surface area contributed by atoms with Gasteiger partial charge in [-0.15, -0.1) is 0 Å². The van der Waals surface area contributed by atoms with Crippen LogP contribution in [-0.4, -0.2) is 48.7 Å².